The molecule has 0 aliphatic heterocycles. The minimum atomic E-state index is -0.496. The predicted octanol–water partition coefficient (Wildman–Crippen LogP) is 7.27. The number of rotatable bonds is 7. The van der Waals surface area contributed by atoms with Crippen molar-refractivity contribution in [3.63, 3.8) is 0 Å². The molecule has 0 saturated carbocycles. The molecule has 1 aromatic carbocycles. The molecule has 0 unspecified atom stereocenters. The van der Waals surface area contributed by atoms with Gasteiger partial charge in [0.25, 0.3) is 0 Å². The minimum Gasteiger partial charge on any atom is -0.465 e. The van der Waals surface area contributed by atoms with Gasteiger partial charge in [-0.1, -0.05) is 24.3 Å². The van der Waals surface area contributed by atoms with Gasteiger partial charge in [0, 0.05) is 27.2 Å². The Labute approximate surface area is 230 Å². The molecule has 0 amide bonds. The van der Waals surface area contributed by atoms with Crippen molar-refractivity contribution in [2.75, 3.05) is 6.61 Å². The Hall–Kier alpha value is -4.23. The summed E-state index contributed by atoms with van der Waals surface area (Å²) in [5.41, 5.74) is 6.37. The van der Waals surface area contributed by atoms with Gasteiger partial charge in [0.2, 0.25) is 5.78 Å². The quantitative estimate of drug-likeness (QED) is 0.161. The number of nitrogens with zero attached hydrogens (tertiary/aromatic N) is 2. The molecule has 1 aliphatic carbocycles. The van der Waals surface area contributed by atoms with E-state index in [1.807, 2.05) is 73.8 Å². The minimum absolute atomic E-state index is 0.209. The van der Waals surface area contributed by atoms with Crippen LogP contribution in [0.25, 0.3) is 22.6 Å². The molecule has 7 heteroatoms. The standard InChI is InChI=1S/C32H28N2O4S/c1-20-16-27(21(2)34(20)18-24-10-7-15-39-24)29(35)19-38-32(36)30-25-11-3-4-13-28(25)33-31-22(8-5-12-26(30)31)17-23-9-6-14-37-23/h3-4,6-7,9-11,13-17H,5,8,12,18-19H2,1-2H3. The average Bonchev–Trinajstić information content (AvgIpc) is 3.71. The van der Waals surface area contributed by atoms with E-state index in [0.717, 1.165) is 57.7 Å². The lowest BCUT2D eigenvalue weighted by molar-refractivity contribution is 0.0475. The number of furan rings is 1. The van der Waals surface area contributed by atoms with Crippen LogP contribution < -0.4 is 0 Å². The smallest absolute Gasteiger partial charge is 0.339 e. The number of ketones is 1. The number of aromatic nitrogens is 2. The van der Waals surface area contributed by atoms with Gasteiger partial charge < -0.3 is 13.7 Å². The van der Waals surface area contributed by atoms with Gasteiger partial charge >= 0.3 is 5.97 Å². The maximum Gasteiger partial charge on any atom is 0.339 e. The van der Waals surface area contributed by atoms with Crippen LogP contribution >= 0.6 is 11.3 Å². The first-order valence-electron chi connectivity index (χ1n) is 13.0. The number of thiophene rings is 1. The SMILES string of the molecule is Cc1cc(C(=O)COC(=O)c2c3c(nc4ccccc24)C(=Cc2ccco2)CCC3)c(C)n1Cc1cccs1. The third-order valence-electron chi connectivity index (χ3n) is 7.34. The molecule has 1 aliphatic rings. The number of fused-ring (bicyclic) bond motifs is 2. The monoisotopic (exact) mass is 536 g/mol. The van der Waals surface area contributed by atoms with E-state index in [2.05, 4.69) is 10.6 Å². The van der Waals surface area contributed by atoms with Gasteiger partial charge in [-0.2, -0.15) is 0 Å². The molecular formula is C32H28N2O4S. The molecule has 6 nitrogen and oxygen atoms in total. The molecule has 0 radical (unpaired) electrons. The molecular weight excluding hydrogens is 508 g/mol. The zero-order chi connectivity index (χ0) is 26.9. The van der Waals surface area contributed by atoms with Crippen molar-refractivity contribution >= 4 is 45.6 Å². The number of hydrogen-bond acceptors (Lipinski definition) is 6. The Morgan fingerprint density at radius 1 is 1.10 bits per heavy atom. The largest absolute Gasteiger partial charge is 0.465 e. The van der Waals surface area contributed by atoms with Gasteiger partial charge in [0.1, 0.15) is 5.76 Å². The summed E-state index contributed by atoms with van der Waals surface area (Å²) < 4.78 is 13.4. The van der Waals surface area contributed by atoms with Crippen LogP contribution in [-0.4, -0.2) is 27.9 Å². The van der Waals surface area contributed by atoms with E-state index >= 15 is 0 Å². The van der Waals surface area contributed by atoms with Crippen LogP contribution in [0.1, 0.15) is 66.8 Å². The lowest BCUT2D eigenvalue weighted by Crippen LogP contribution is -2.19. The first-order chi connectivity index (χ1) is 19.0. The third-order valence-corrected chi connectivity index (χ3v) is 8.20. The molecule has 0 fully saturated rings. The highest BCUT2D eigenvalue weighted by atomic mass is 32.1. The number of carbonyl (C=O) groups is 2. The second kappa shape index (κ2) is 10.5. The summed E-state index contributed by atoms with van der Waals surface area (Å²) in [6.45, 7) is 4.33. The van der Waals surface area contributed by atoms with Crippen molar-refractivity contribution in [2.45, 2.75) is 39.7 Å². The van der Waals surface area contributed by atoms with Crippen molar-refractivity contribution in [1.82, 2.24) is 9.55 Å². The number of ether oxygens (including phenoxy) is 1. The molecule has 4 aromatic heterocycles. The van der Waals surface area contributed by atoms with E-state index in [4.69, 9.17) is 14.1 Å². The van der Waals surface area contributed by atoms with E-state index in [9.17, 15) is 9.59 Å². The fraction of sp³-hybridized carbons (Fsp3) is 0.219. The predicted molar refractivity (Wildman–Crippen MR) is 153 cm³/mol. The van der Waals surface area contributed by atoms with Gasteiger partial charge in [-0.3, -0.25) is 4.79 Å². The van der Waals surface area contributed by atoms with Crippen molar-refractivity contribution in [3.05, 3.63) is 111 Å². The summed E-state index contributed by atoms with van der Waals surface area (Å²) >= 11 is 1.69. The molecule has 5 aromatic rings. The van der Waals surface area contributed by atoms with Crippen molar-refractivity contribution in [1.29, 1.82) is 0 Å². The Morgan fingerprint density at radius 3 is 2.77 bits per heavy atom. The van der Waals surface area contributed by atoms with Gasteiger partial charge in [-0.15, -0.1) is 11.3 Å². The van der Waals surface area contributed by atoms with E-state index in [0.29, 0.717) is 24.1 Å². The first kappa shape index (κ1) is 25.1. The lowest BCUT2D eigenvalue weighted by atomic mass is 9.86. The van der Waals surface area contributed by atoms with Crippen LogP contribution in [0.2, 0.25) is 0 Å². The molecule has 39 heavy (non-hydrogen) atoms. The van der Waals surface area contributed by atoms with E-state index < -0.39 is 5.97 Å². The van der Waals surface area contributed by atoms with Gasteiger partial charge in [-0.25, -0.2) is 9.78 Å². The number of para-hydroxylation sites is 1. The highest BCUT2D eigenvalue weighted by Gasteiger charge is 2.27. The van der Waals surface area contributed by atoms with E-state index in [-0.39, 0.29) is 12.4 Å². The number of hydrogen-bond donors (Lipinski definition) is 0. The summed E-state index contributed by atoms with van der Waals surface area (Å²) in [6.07, 6.45) is 6.07. The summed E-state index contributed by atoms with van der Waals surface area (Å²) in [5, 5.41) is 2.79. The Bertz CT molecular complexity index is 1710. The maximum atomic E-state index is 13.6. The lowest BCUT2D eigenvalue weighted by Gasteiger charge is -2.22. The summed E-state index contributed by atoms with van der Waals surface area (Å²) in [4.78, 5) is 33.0. The second-order valence-electron chi connectivity index (χ2n) is 9.82. The Morgan fingerprint density at radius 2 is 1.97 bits per heavy atom. The van der Waals surface area contributed by atoms with Crippen molar-refractivity contribution < 1.29 is 18.7 Å². The Kier molecular flexibility index (Phi) is 6.75. The Balaban J connectivity index is 1.29. The van der Waals surface area contributed by atoms with Crippen LogP contribution in [0, 0.1) is 13.8 Å². The number of carbonyl (C=O) groups excluding carboxylic acids is 2. The number of esters is 1. The van der Waals surface area contributed by atoms with Crippen LogP contribution in [-0.2, 0) is 17.7 Å². The molecule has 6 rings (SSSR count). The maximum absolute atomic E-state index is 13.6. The number of Topliss-reactive ketones (excluding diaryl/α,β-unsaturated/α-hetero) is 1. The second-order valence-corrected chi connectivity index (χ2v) is 10.9. The molecule has 0 N–H and O–H groups in total. The molecule has 0 spiro atoms. The summed E-state index contributed by atoms with van der Waals surface area (Å²) in [7, 11) is 0. The topological polar surface area (TPSA) is 74.3 Å². The fourth-order valence-corrected chi connectivity index (χ4v) is 6.11. The molecule has 4 heterocycles. The van der Waals surface area contributed by atoms with Gasteiger partial charge in [0.15, 0.2) is 6.61 Å². The zero-order valence-electron chi connectivity index (χ0n) is 21.9. The van der Waals surface area contributed by atoms with E-state index in [1.165, 1.54) is 4.88 Å². The molecule has 196 valence electrons. The van der Waals surface area contributed by atoms with Crippen molar-refractivity contribution in [2.24, 2.45) is 0 Å². The van der Waals surface area contributed by atoms with Gasteiger partial charge in [-0.05, 0) is 86.0 Å². The number of allylic oxidation sites excluding steroid dienone is 1. The van der Waals surface area contributed by atoms with E-state index in [1.54, 1.807) is 17.6 Å². The highest BCUT2D eigenvalue weighted by molar-refractivity contribution is 7.09. The van der Waals surface area contributed by atoms with Gasteiger partial charge in [0.05, 0.1) is 29.6 Å². The summed E-state index contributed by atoms with van der Waals surface area (Å²) in [5.74, 6) is 0.0450. The third kappa shape index (κ3) is 4.86. The molecule has 0 saturated heterocycles. The number of aryl methyl sites for hydroxylation is 1. The van der Waals surface area contributed by atoms with Crippen LogP contribution in [0.15, 0.2) is 70.7 Å². The fourth-order valence-electron chi connectivity index (χ4n) is 5.42. The van der Waals surface area contributed by atoms with Crippen LogP contribution in [0.5, 0.6) is 0 Å². The van der Waals surface area contributed by atoms with Crippen LogP contribution in [0.3, 0.4) is 0 Å². The normalized spacial score (nSPS) is 14.1. The zero-order valence-corrected chi connectivity index (χ0v) is 22.7. The van der Waals surface area contributed by atoms with Crippen LogP contribution in [0.4, 0.5) is 0 Å². The molecule has 0 atom stereocenters. The molecule has 0 bridgehead atoms. The highest BCUT2D eigenvalue weighted by Crippen LogP contribution is 2.36. The van der Waals surface area contributed by atoms with Crippen molar-refractivity contribution in [3.8, 4) is 0 Å². The summed E-state index contributed by atoms with van der Waals surface area (Å²) in [6, 6.07) is 17.3. The first-order valence-corrected chi connectivity index (χ1v) is 13.9. The number of pyridine rings is 1. The average molecular weight is 537 g/mol. The number of benzene rings is 1.